The van der Waals surface area contributed by atoms with Gasteiger partial charge >= 0.3 is 26.2 Å². The number of hydrogen-bond donors (Lipinski definition) is 0. The molecule has 0 radical (unpaired) electrons. The summed E-state index contributed by atoms with van der Waals surface area (Å²) in [7, 11) is -5.13. The molecule has 0 bridgehead atoms. The minimum absolute atomic E-state index is 0. The number of hydrogen-bond acceptors (Lipinski definition) is 1. The molecule has 0 amide bonds. The molecule has 0 fully saturated rings. The Morgan fingerprint density at radius 3 is 1.02 bits per heavy atom. The molecule has 0 N–H and O–H groups in total. The standard InChI is InChI=1S/C51H74N2OSi2.2CH3.Zr/c1-31(2)37-23-21-24-38(32(3)4)45(37)52-55(17,18)43-29-35(49(9,10)11)27-41-47(43)54-48-42(51(41,15)16)28-36(50(12,13)14)30-44(48)56(19,20)53-46-39(33(5)6)25-22-26-40(46)34(7)8;;;/h21-34H,1-20H3;2*1H3;/q-2;2*-1;+4. The summed E-state index contributed by atoms with van der Waals surface area (Å²) in [5, 5.41) is 2.56. The number of benzene rings is 4. The number of rotatable bonds is 10. The normalized spacial score (nSPS) is 13.9. The molecule has 6 heteroatoms. The van der Waals surface area contributed by atoms with Gasteiger partial charge in [0, 0.05) is 16.5 Å². The predicted octanol–water partition coefficient (Wildman–Crippen LogP) is 16.3. The molecule has 1 heterocycles. The first-order chi connectivity index (χ1) is 25.6. The summed E-state index contributed by atoms with van der Waals surface area (Å²) in [5.74, 6) is 3.54. The Hall–Kier alpha value is -2.40. The van der Waals surface area contributed by atoms with Crippen molar-refractivity contribution in [1.29, 1.82) is 0 Å². The third-order valence-corrected chi connectivity index (χ3v) is 17.2. The first-order valence-electron chi connectivity index (χ1n) is 21.4. The van der Waals surface area contributed by atoms with Gasteiger partial charge in [0.2, 0.25) is 0 Å². The first kappa shape index (κ1) is 52.7. The van der Waals surface area contributed by atoms with E-state index < -0.39 is 16.5 Å². The fourth-order valence-corrected chi connectivity index (χ4v) is 12.8. The molecule has 1 aliphatic heterocycles. The summed E-state index contributed by atoms with van der Waals surface area (Å²) < 4.78 is 7.62. The minimum atomic E-state index is -2.57. The van der Waals surface area contributed by atoms with Crippen molar-refractivity contribution >= 4 is 38.2 Å². The quantitative estimate of drug-likeness (QED) is 0.115. The molecular weight excluding hydrogens is 828 g/mol. The number of ether oxygens (including phenoxy) is 1. The van der Waals surface area contributed by atoms with Crippen molar-refractivity contribution in [3.63, 3.8) is 0 Å². The Kier molecular flexibility index (Phi) is 16.6. The van der Waals surface area contributed by atoms with Gasteiger partial charge < -0.3 is 29.6 Å². The molecule has 59 heavy (non-hydrogen) atoms. The maximum Gasteiger partial charge on any atom is 4.00 e. The third kappa shape index (κ3) is 10.5. The van der Waals surface area contributed by atoms with E-state index in [4.69, 9.17) is 14.7 Å². The molecule has 320 valence electrons. The van der Waals surface area contributed by atoms with Crippen LogP contribution in [0.5, 0.6) is 11.5 Å². The van der Waals surface area contributed by atoms with Crippen LogP contribution < -0.4 is 15.1 Å². The molecule has 3 nitrogen and oxygen atoms in total. The van der Waals surface area contributed by atoms with Crippen molar-refractivity contribution in [1.82, 2.24) is 0 Å². The first-order valence-corrected chi connectivity index (χ1v) is 27.3. The van der Waals surface area contributed by atoms with Crippen LogP contribution in [0.25, 0.3) is 9.96 Å². The average molecular weight is 909 g/mol. The van der Waals surface area contributed by atoms with Gasteiger partial charge in [-0.2, -0.15) is 0 Å². The Balaban J connectivity index is 0.00000400. The van der Waals surface area contributed by atoms with Crippen LogP contribution in [0.3, 0.4) is 0 Å². The molecule has 0 saturated carbocycles. The summed E-state index contributed by atoms with van der Waals surface area (Å²) in [6, 6.07) is 23.4. The van der Waals surface area contributed by atoms with E-state index in [1.807, 2.05) is 0 Å². The fraction of sp³-hybridized carbons (Fsp3) is 0.509. The Bertz CT molecular complexity index is 1890. The van der Waals surface area contributed by atoms with Gasteiger partial charge in [-0.05, 0) is 72.5 Å². The van der Waals surface area contributed by atoms with Crippen LogP contribution in [-0.4, -0.2) is 16.5 Å². The monoisotopic (exact) mass is 906 g/mol. The zero-order valence-corrected chi connectivity index (χ0v) is 45.8. The summed E-state index contributed by atoms with van der Waals surface area (Å²) in [5.41, 5.74) is 12.5. The van der Waals surface area contributed by atoms with E-state index in [2.05, 4.69) is 198 Å². The van der Waals surface area contributed by atoms with E-state index in [9.17, 15) is 0 Å². The van der Waals surface area contributed by atoms with E-state index in [0.29, 0.717) is 23.7 Å². The molecule has 1 aliphatic rings. The zero-order chi connectivity index (χ0) is 42.1. The molecule has 4 aromatic rings. The second-order valence-electron chi connectivity index (χ2n) is 21.6. The van der Waals surface area contributed by atoms with Gasteiger partial charge in [0.25, 0.3) is 0 Å². The minimum Gasteiger partial charge on any atom is -0.683 e. The average Bonchev–Trinajstić information content (AvgIpc) is 3.06. The topological polar surface area (TPSA) is 37.4 Å². The van der Waals surface area contributed by atoms with Crippen molar-refractivity contribution < 1.29 is 30.9 Å². The van der Waals surface area contributed by atoms with Crippen LogP contribution in [0, 0.1) is 14.9 Å². The van der Waals surface area contributed by atoms with Crippen LogP contribution >= 0.6 is 0 Å². The molecule has 4 aromatic carbocycles. The zero-order valence-electron chi connectivity index (χ0n) is 41.4. The van der Waals surface area contributed by atoms with E-state index >= 15 is 0 Å². The molecule has 0 saturated heterocycles. The van der Waals surface area contributed by atoms with Crippen LogP contribution in [-0.2, 0) is 42.4 Å². The fourth-order valence-electron chi connectivity index (χ4n) is 8.39. The van der Waals surface area contributed by atoms with Crippen molar-refractivity contribution in [2.75, 3.05) is 0 Å². The summed E-state index contributed by atoms with van der Waals surface area (Å²) >= 11 is 0. The molecule has 5 rings (SSSR count). The number of nitrogens with zero attached hydrogens (tertiary/aromatic N) is 2. The van der Waals surface area contributed by atoms with Crippen LogP contribution in [0.4, 0.5) is 11.4 Å². The third-order valence-electron chi connectivity index (χ3n) is 12.2. The van der Waals surface area contributed by atoms with Gasteiger partial charge in [-0.25, -0.2) is 0 Å². The van der Waals surface area contributed by atoms with Gasteiger partial charge in [-0.1, -0.05) is 220 Å². The second kappa shape index (κ2) is 18.5. The molecule has 0 spiro atoms. The van der Waals surface area contributed by atoms with E-state index in [1.165, 1.54) is 66.3 Å². The molecule has 0 atom stereocenters. The van der Waals surface area contributed by atoms with Gasteiger partial charge in [0.15, 0.2) is 0 Å². The maximum atomic E-state index is 7.62. The second-order valence-corrected chi connectivity index (χ2v) is 29.3. The molecule has 0 aliphatic carbocycles. The molecular formula is C53H80N2OSi2Zr. The van der Waals surface area contributed by atoms with E-state index in [-0.39, 0.29) is 57.3 Å². The SMILES string of the molecule is CC(C)c1cccc(C(C)C)c1[N-][Si](C)(C)c1cc(C(C)(C)C)cc2c1Oc1c(cc(C(C)(C)C)cc1[Si](C)(C)[N-]c1c(C(C)C)cccc1C(C)C)C2(C)C.[CH3-].[CH3-].[Zr+4]. The van der Waals surface area contributed by atoms with Crippen molar-refractivity contribution in [2.45, 2.75) is 177 Å². The van der Waals surface area contributed by atoms with Crippen molar-refractivity contribution in [3.05, 3.63) is 130 Å². The Morgan fingerprint density at radius 2 is 0.780 bits per heavy atom. The maximum absolute atomic E-state index is 7.62. The smallest absolute Gasteiger partial charge is 0.683 e. The van der Waals surface area contributed by atoms with Gasteiger partial charge in [-0.15, -0.1) is 11.4 Å². The summed E-state index contributed by atoms with van der Waals surface area (Å²) in [6.45, 7) is 47.0. The summed E-state index contributed by atoms with van der Waals surface area (Å²) in [4.78, 5) is 11.8. The van der Waals surface area contributed by atoms with E-state index in [1.54, 1.807) is 0 Å². The number of fused-ring (bicyclic) bond motifs is 2. The van der Waals surface area contributed by atoms with E-state index in [0.717, 1.165) is 11.5 Å². The Morgan fingerprint density at radius 1 is 0.508 bits per heavy atom. The van der Waals surface area contributed by atoms with Crippen LogP contribution in [0.1, 0.15) is 179 Å². The van der Waals surface area contributed by atoms with Gasteiger partial charge in [-0.3, -0.25) is 0 Å². The Labute approximate surface area is 385 Å². The molecule has 0 unspecified atom stereocenters. The van der Waals surface area contributed by atoms with Gasteiger partial charge in [0.05, 0.1) is 0 Å². The summed E-state index contributed by atoms with van der Waals surface area (Å²) in [6.07, 6.45) is 0. The molecule has 0 aromatic heterocycles. The van der Waals surface area contributed by atoms with Crippen molar-refractivity contribution in [3.8, 4) is 11.5 Å². The van der Waals surface area contributed by atoms with Gasteiger partial charge in [0.1, 0.15) is 11.5 Å². The van der Waals surface area contributed by atoms with Crippen LogP contribution in [0.2, 0.25) is 26.2 Å². The van der Waals surface area contributed by atoms with Crippen LogP contribution in [0.15, 0.2) is 60.7 Å². The van der Waals surface area contributed by atoms with Crippen molar-refractivity contribution in [2.24, 2.45) is 0 Å². The largest absolute Gasteiger partial charge is 4.00 e. The predicted molar refractivity (Wildman–Crippen MR) is 265 cm³/mol.